The molecule has 1 fully saturated rings. The van der Waals surface area contributed by atoms with E-state index in [9.17, 15) is 19.5 Å². The lowest BCUT2D eigenvalue weighted by Gasteiger charge is -2.33. The van der Waals surface area contributed by atoms with E-state index >= 15 is 0 Å². The van der Waals surface area contributed by atoms with Crippen LogP contribution in [-0.2, 0) is 20.8 Å². The molecule has 0 aliphatic carbocycles. The quantitative estimate of drug-likeness (QED) is 0.913. The lowest BCUT2D eigenvalue weighted by molar-refractivity contribution is -0.155. The fourth-order valence-electron chi connectivity index (χ4n) is 3.67. The van der Waals surface area contributed by atoms with Crippen molar-refractivity contribution in [3.8, 4) is 0 Å². The van der Waals surface area contributed by atoms with Crippen LogP contribution in [0.1, 0.15) is 38.2 Å². The third-order valence-electron chi connectivity index (χ3n) is 5.14. The smallest absolute Gasteiger partial charge is 0.329 e. The van der Waals surface area contributed by atoms with Gasteiger partial charge in [0.2, 0.25) is 11.8 Å². The number of rotatable bonds is 4. The predicted octanol–water partition coefficient (Wildman–Crippen LogP) is 1.82. The Morgan fingerprint density at radius 2 is 2.00 bits per heavy atom. The largest absolute Gasteiger partial charge is 0.480 e. The highest BCUT2D eigenvalue weighted by atomic mass is 16.4. The van der Waals surface area contributed by atoms with E-state index in [1.54, 1.807) is 11.8 Å². The van der Waals surface area contributed by atoms with Gasteiger partial charge >= 0.3 is 5.97 Å². The van der Waals surface area contributed by atoms with Gasteiger partial charge in [0.15, 0.2) is 0 Å². The zero-order chi connectivity index (χ0) is 17.3. The number of aryl methyl sites for hydroxylation is 1. The van der Waals surface area contributed by atoms with Crippen LogP contribution in [0.3, 0.4) is 0 Å². The summed E-state index contributed by atoms with van der Waals surface area (Å²) in [6.45, 7) is 2.36. The molecule has 1 atom stereocenters. The molecule has 2 amide bonds. The first-order valence-corrected chi connectivity index (χ1v) is 8.35. The number of para-hydroxylation sites is 1. The maximum absolute atomic E-state index is 12.6. The number of aliphatic carboxylic acids is 1. The van der Waals surface area contributed by atoms with E-state index in [-0.39, 0.29) is 18.2 Å². The number of carbonyl (C=O) groups is 3. The second-order valence-electron chi connectivity index (χ2n) is 6.65. The van der Waals surface area contributed by atoms with Crippen LogP contribution >= 0.6 is 0 Å². The Labute approximate surface area is 141 Å². The van der Waals surface area contributed by atoms with Gasteiger partial charge in [-0.2, -0.15) is 0 Å². The van der Waals surface area contributed by atoms with Gasteiger partial charge in [0.05, 0.1) is 0 Å². The highest BCUT2D eigenvalue weighted by Crippen LogP contribution is 2.31. The van der Waals surface area contributed by atoms with Crippen molar-refractivity contribution in [2.24, 2.45) is 0 Å². The molecule has 1 unspecified atom stereocenters. The molecule has 128 valence electrons. The molecule has 1 N–H and O–H groups in total. The SMILES string of the molecule is CC1(C(=O)O)CCCN1C(=O)CCN1C(=O)CCc2ccccc21. The number of hydrogen-bond acceptors (Lipinski definition) is 3. The third kappa shape index (κ3) is 2.77. The molecule has 0 aromatic heterocycles. The number of carboxylic acids is 1. The van der Waals surface area contributed by atoms with Gasteiger partial charge < -0.3 is 14.9 Å². The first kappa shape index (κ1) is 16.5. The number of carbonyl (C=O) groups excluding carboxylic acids is 2. The molecule has 6 heteroatoms. The summed E-state index contributed by atoms with van der Waals surface area (Å²) in [5.41, 5.74) is 0.853. The minimum Gasteiger partial charge on any atom is -0.480 e. The van der Waals surface area contributed by atoms with Gasteiger partial charge in [-0.1, -0.05) is 18.2 Å². The average Bonchev–Trinajstić information content (AvgIpc) is 2.97. The topological polar surface area (TPSA) is 77.9 Å². The van der Waals surface area contributed by atoms with E-state index in [1.807, 2.05) is 24.3 Å². The Balaban J connectivity index is 1.71. The van der Waals surface area contributed by atoms with Crippen LogP contribution in [0.4, 0.5) is 5.69 Å². The molecule has 2 aliphatic heterocycles. The summed E-state index contributed by atoms with van der Waals surface area (Å²) in [6.07, 6.45) is 2.48. The lowest BCUT2D eigenvalue weighted by Crippen LogP contribution is -2.51. The van der Waals surface area contributed by atoms with Crippen molar-refractivity contribution in [3.63, 3.8) is 0 Å². The minimum atomic E-state index is -1.12. The molecule has 0 saturated carbocycles. The molecule has 2 heterocycles. The Kier molecular flexibility index (Phi) is 4.30. The summed E-state index contributed by atoms with van der Waals surface area (Å²) in [5.74, 6) is -1.15. The molecule has 1 saturated heterocycles. The molecule has 0 radical (unpaired) electrons. The number of nitrogens with zero attached hydrogens (tertiary/aromatic N) is 2. The highest BCUT2D eigenvalue weighted by Gasteiger charge is 2.45. The van der Waals surface area contributed by atoms with E-state index in [2.05, 4.69) is 0 Å². The average molecular weight is 330 g/mol. The van der Waals surface area contributed by atoms with Gasteiger partial charge in [-0.3, -0.25) is 9.59 Å². The lowest BCUT2D eigenvalue weighted by atomic mass is 9.98. The van der Waals surface area contributed by atoms with Crippen molar-refractivity contribution < 1.29 is 19.5 Å². The standard InChI is InChI=1S/C18H22N2O4/c1-18(17(23)24)10-4-11-20(18)16(22)9-12-19-14-6-3-2-5-13(14)7-8-15(19)21/h2-3,5-6H,4,7-12H2,1H3,(H,23,24). The van der Waals surface area contributed by atoms with E-state index in [4.69, 9.17) is 0 Å². The molecule has 1 aromatic carbocycles. The minimum absolute atomic E-state index is 0.0175. The Morgan fingerprint density at radius 3 is 2.75 bits per heavy atom. The predicted molar refractivity (Wildman–Crippen MR) is 88.7 cm³/mol. The van der Waals surface area contributed by atoms with E-state index in [0.717, 1.165) is 17.7 Å². The number of fused-ring (bicyclic) bond motifs is 1. The van der Waals surface area contributed by atoms with Crippen LogP contribution in [0.2, 0.25) is 0 Å². The van der Waals surface area contributed by atoms with Crippen LogP contribution in [0, 0.1) is 0 Å². The maximum Gasteiger partial charge on any atom is 0.329 e. The monoisotopic (exact) mass is 330 g/mol. The zero-order valence-electron chi connectivity index (χ0n) is 13.8. The van der Waals surface area contributed by atoms with Crippen molar-refractivity contribution in [1.82, 2.24) is 4.90 Å². The normalized spacial score (nSPS) is 23.3. The molecule has 6 nitrogen and oxygen atoms in total. The van der Waals surface area contributed by atoms with Crippen LogP contribution in [0.25, 0.3) is 0 Å². The van der Waals surface area contributed by atoms with Gasteiger partial charge in [-0.25, -0.2) is 4.79 Å². The molecule has 2 aliphatic rings. The summed E-state index contributed by atoms with van der Waals surface area (Å²) >= 11 is 0. The Bertz CT molecular complexity index is 687. The van der Waals surface area contributed by atoms with Gasteiger partial charge in [0.1, 0.15) is 5.54 Å². The van der Waals surface area contributed by atoms with Crippen molar-refractivity contribution in [2.45, 2.75) is 44.6 Å². The van der Waals surface area contributed by atoms with E-state index in [0.29, 0.717) is 32.4 Å². The first-order chi connectivity index (χ1) is 11.4. The second kappa shape index (κ2) is 6.26. The molecule has 3 rings (SSSR count). The summed E-state index contributed by atoms with van der Waals surface area (Å²) in [6, 6.07) is 7.72. The van der Waals surface area contributed by atoms with Crippen LogP contribution in [-0.4, -0.2) is 46.4 Å². The molecule has 1 aromatic rings. The number of anilines is 1. The van der Waals surface area contributed by atoms with Crippen LogP contribution < -0.4 is 4.90 Å². The Morgan fingerprint density at radius 1 is 1.25 bits per heavy atom. The van der Waals surface area contributed by atoms with Crippen LogP contribution in [0.5, 0.6) is 0 Å². The first-order valence-electron chi connectivity index (χ1n) is 8.35. The van der Waals surface area contributed by atoms with Crippen molar-refractivity contribution in [3.05, 3.63) is 29.8 Å². The molecule has 24 heavy (non-hydrogen) atoms. The zero-order valence-corrected chi connectivity index (χ0v) is 13.8. The van der Waals surface area contributed by atoms with Crippen molar-refractivity contribution >= 4 is 23.5 Å². The van der Waals surface area contributed by atoms with Gasteiger partial charge in [0, 0.05) is 31.6 Å². The second-order valence-corrected chi connectivity index (χ2v) is 6.65. The van der Waals surface area contributed by atoms with Gasteiger partial charge in [0.25, 0.3) is 0 Å². The van der Waals surface area contributed by atoms with Gasteiger partial charge in [-0.15, -0.1) is 0 Å². The summed E-state index contributed by atoms with van der Waals surface area (Å²) in [4.78, 5) is 39.4. The summed E-state index contributed by atoms with van der Waals surface area (Å²) in [7, 11) is 0. The highest BCUT2D eigenvalue weighted by molar-refractivity contribution is 5.97. The van der Waals surface area contributed by atoms with E-state index in [1.165, 1.54) is 4.90 Å². The molecule has 0 spiro atoms. The van der Waals surface area contributed by atoms with Crippen LogP contribution in [0.15, 0.2) is 24.3 Å². The van der Waals surface area contributed by atoms with Crippen molar-refractivity contribution in [2.75, 3.05) is 18.0 Å². The fraction of sp³-hybridized carbons (Fsp3) is 0.500. The third-order valence-corrected chi connectivity index (χ3v) is 5.14. The van der Waals surface area contributed by atoms with Crippen molar-refractivity contribution in [1.29, 1.82) is 0 Å². The number of hydrogen-bond donors (Lipinski definition) is 1. The molecular formula is C18H22N2O4. The fourth-order valence-corrected chi connectivity index (χ4v) is 3.67. The molecular weight excluding hydrogens is 308 g/mol. The number of likely N-dealkylation sites (tertiary alicyclic amines) is 1. The summed E-state index contributed by atoms with van der Waals surface area (Å²) in [5, 5.41) is 9.42. The number of benzene rings is 1. The van der Waals surface area contributed by atoms with E-state index < -0.39 is 11.5 Å². The molecule has 0 bridgehead atoms. The number of carboxylic acid groups (broad SMARTS) is 1. The van der Waals surface area contributed by atoms with Gasteiger partial charge in [-0.05, 0) is 37.8 Å². The maximum atomic E-state index is 12.6. The summed E-state index contributed by atoms with van der Waals surface area (Å²) < 4.78 is 0. The Hall–Kier alpha value is -2.37. The number of amides is 2.